The van der Waals surface area contributed by atoms with Gasteiger partial charge in [0.25, 0.3) is 5.69 Å². The van der Waals surface area contributed by atoms with Gasteiger partial charge in [0.15, 0.2) is 0 Å². The third-order valence-corrected chi connectivity index (χ3v) is 1.88. The Morgan fingerprint density at radius 2 is 1.86 bits per heavy atom. The van der Waals surface area contributed by atoms with Gasteiger partial charge >= 0.3 is 0 Å². The molecule has 70 valence electrons. The van der Waals surface area contributed by atoms with Gasteiger partial charge in [-0.15, -0.1) is 0 Å². The number of benzene rings is 1. The molecular weight excluding hydrogens is 180 g/mol. The lowest BCUT2D eigenvalue weighted by Crippen LogP contribution is -2.32. The number of aromatic nitrogens is 2. The van der Waals surface area contributed by atoms with Gasteiger partial charge in [0.05, 0.1) is 11.8 Å². The molecule has 0 fully saturated rings. The number of hydrogen-bond donors (Lipinski definition) is 1. The fourth-order valence-corrected chi connectivity index (χ4v) is 1.20. The molecule has 0 spiro atoms. The summed E-state index contributed by atoms with van der Waals surface area (Å²) >= 11 is 0. The maximum atomic E-state index is 11.2. The lowest BCUT2D eigenvalue weighted by Gasteiger charge is -2.00. The van der Waals surface area contributed by atoms with Gasteiger partial charge < -0.3 is 10.3 Å². The molecular formula is C10H8N2O2. The fourth-order valence-electron chi connectivity index (χ4n) is 1.20. The number of aromatic hydroxyl groups is 1. The minimum atomic E-state index is 0.176. The monoisotopic (exact) mass is 188 g/mol. The smallest absolute Gasteiger partial charge is 0.252 e. The van der Waals surface area contributed by atoms with Crippen LogP contribution in [0.15, 0.2) is 42.6 Å². The molecule has 0 bridgehead atoms. The van der Waals surface area contributed by atoms with Gasteiger partial charge in [-0.1, -0.05) is 4.85 Å². The molecule has 0 saturated heterocycles. The van der Waals surface area contributed by atoms with Gasteiger partial charge in [-0.3, -0.25) is 0 Å². The highest BCUT2D eigenvalue weighted by Crippen LogP contribution is 2.17. The Labute approximate surface area is 80.6 Å². The molecule has 0 radical (unpaired) electrons. The van der Waals surface area contributed by atoms with Crippen LogP contribution in [-0.2, 0) is 0 Å². The number of hydrogen-bond acceptors (Lipinski definition) is 3. The Balaban J connectivity index is 2.50. The van der Waals surface area contributed by atoms with E-state index in [1.165, 1.54) is 18.3 Å². The maximum Gasteiger partial charge on any atom is 0.252 e. The average molecular weight is 188 g/mol. The average Bonchev–Trinajstić information content (AvgIpc) is 2.20. The first-order valence-corrected chi connectivity index (χ1v) is 4.11. The Kier molecular flexibility index (Phi) is 2.02. The summed E-state index contributed by atoms with van der Waals surface area (Å²) in [6.45, 7) is 0. The number of rotatable bonds is 1. The molecule has 1 heterocycles. The minimum Gasteiger partial charge on any atom is -0.594 e. The quantitative estimate of drug-likeness (QED) is 0.538. The molecule has 1 N–H and O–H groups in total. The summed E-state index contributed by atoms with van der Waals surface area (Å²) in [5.74, 6) is 0.176. The van der Waals surface area contributed by atoms with Gasteiger partial charge in [0.2, 0.25) is 0 Å². The van der Waals surface area contributed by atoms with Gasteiger partial charge in [0.1, 0.15) is 5.75 Å². The number of phenols is 1. The highest BCUT2D eigenvalue weighted by Gasteiger charge is 2.07. The Bertz CT molecular complexity index is 440. The highest BCUT2D eigenvalue weighted by atomic mass is 16.5. The van der Waals surface area contributed by atoms with Crippen LogP contribution in [0.3, 0.4) is 0 Å². The molecule has 1 aromatic carbocycles. The van der Waals surface area contributed by atoms with Gasteiger partial charge in [0, 0.05) is 11.2 Å². The maximum absolute atomic E-state index is 11.2. The molecule has 2 rings (SSSR count). The van der Waals surface area contributed by atoms with Crippen LogP contribution < -0.4 is 4.85 Å². The van der Waals surface area contributed by atoms with Crippen molar-refractivity contribution in [3.05, 3.63) is 47.8 Å². The van der Waals surface area contributed by atoms with Crippen LogP contribution in [0, 0.1) is 5.21 Å². The van der Waals surface area contributed by atoms with E-state index in [-0.39, 0.29) is 5.75 Å². The molecule has 0 aliphatic carbocycles. The first kappa shape index (κ1) is 8.50. The van der Waals surface area contributed by atoms with Crippen LogP contribution in [0.25, 0.3) is 11.3 Å². The van der Waals surface area contributed by atoms with Crippen molar-refractivity contribution < 1.29 is 9.95 Å². The topological polar surface area (TPSA) is 60.1 Å². The summed E-state index contributed by atoms with van der Waals surface area (Å²) in [4.78, 5) is 0.548. The van der Waals surface area contributed by atoms with Crippen LogP contribution >= 0.6 is 0 Å². The second-order valence-corrected chi connectivity index (χ2v) is 2.83. The van der Waals surface area contributed by atoms with Crippen molar-refractivity contribution >= 4 is 0 Å². The first-order chi connectivity index (χ1) is 6.77. The molecule has 4 heteroatoms. The Morgan fingerprint density at radius 3 is 2.50 bits per heavy atom. The highest BCUT2D eigenvalue weighted by molar-refractivity contribution is 5.56. The van der Waals surface area contributed by atoms with Crippen molar-refractivity contribution in [2.45, 2.75) is 0 Å². The van der Waals surface area contributed by atoms with Crippen LogP contribution in [0.5, 0.6) is 5.75 Å². The van der Waals surface area contributed by atoms with Gasteiger partial charge in [-0.25, -0.2) is 0 Å². The van der Waals surface area contributed by atoms with E-state index in [1.54, 1.807) is 24.3 Å². The standard InChI is InChI=1S/C10H8N2O2/c13-9-5-3-8(4-6-9)10-2-1-7-11-12(10)14/h1-7,13H. The summed E-state index contributed by atoms with van der Waals surface area (Å²) in [5.41, 5.74) is 1.19. The summed E-state index contributed by atoms with van der Waals surface area (Å²) in [6.07, 6.45) is 1.43. The number of phenolic OH excluding ortho intramolecular Hbond substituents is 1. The van der Waals surface area contributed by atoms with Crippen molar-refractivity contribution in [2.75, 3.05) is 0 Å². The Morgan fingerprint density at radius 1 is 1.14 bits per heavy atom. The summed E-state index contributed by atoms with van der Waals surface area (Å²) < 4.78 is 0. The molecule has 0 aliphatic rings. The zero-order valence-corrected chi connectivity index (χ0v) is 7.29. The molecule has 0 amide bonds. The van der Waals surface area contributed by atoms with Crippen LogP contribution in [0.1, 0.15) is 0 Å². The van der Waals surface area contributed by atoms with Gasteiger partial charge in [-0.2, -0.15) is 0 Å². The lowest BCUT2D eigenvalue weighted by atomic mass is 10.1. The number of nitrogens with zero attached hydrogens (tertiary/aromatic N) is 2. The van der Waals surface area contributed by atoms with Gasteiger partial charge in [-0.05, 0) is 30.3 Å². The van der Waals surface area contributed by atoms with E-state index in [4.69, 9.17) is 5.11 Å². The first-order valence-electron chi connectivity index (χ1n) is 4.11. The fraction of sp³-hybridized carbons (Fsp3) is 0. The second-order valence-electron chi connectivity index (χ2n) is 2.83. The Hall–Kier alpha value is -2.10. The third kappa shape index (κ3) is 1.50. The van der Waals surface area contributed by atoms with E-state index in [0.29, 0.717) is 10.5 Å². The molecule has 14 heavy (non-hydrogen) atoms. The van der Waals surface area contributed by atoms with E-state index in [0.717, 1.165) is 5.56 Å². The SMILES string of the molecule is [O-][n+]1ncccc1-c1ccc(O)cc1. The van der Waals surface area contributed by atoms with Crippen molar-refractivity contribution in [3.63, 3.8) is 0 Å². The molecule has 0 saturated carbocycles. The third-order valence-electron chi connectivity index (χ3n) is 1.88. The minimum absolute atomic E-state index is 0.176. The van der Waals surface area contributed by atoms with Crippen molar-refractivity contribution in [1.29, 1.82) is 0 Å². The second kappa shape index (κ2) is 3.33. The van der Waals surface area contributed by atoms with Crippen LogP contribution in [0.4, 0.5) is 0 Å². The van der Waals surface area contributed by atoms with Crippen molar-refractivity contribution in [2.24, 2.45) is 0 Å². The van der Waals surface area contributed by atoms with Crippen LogP contribution in [0.2, 0.25) is 0 Å². The van der Waals surface area contributed by atoms with E-state index < -0.39 is 0 Å². The van der Waals surface area contributed by atoms with E-state index in [1.807, 2.05) is 0 Å². The normalized spacial score (nSPS) is 10.0. The molecule has 0 unspecified atom stereocenters. The zero-order chi connectivity index (χ0) is 9.97. The molecule has 1 aromatic heterocycles. The summed E-state index contributed by atoms with van der Waals surface area (Å²) in [5, 5.41) is 23.9. The lowest BCUT2D eigenvalue weighted by molar-refractivity contribution is -0.658. The summed E-state index contributed by atoms with van der Waals surface area (Å²) in [6, 6.07) is 9.76. The predicted octanol–water partition coefficient (Wildman–Crippen LogP) is 1.09. The predicted molar refractivity (Wildman–Crippen MR) is 50.3 cm³/mol. The van der Waals surface area contributed by atoms with Crippen molar-refractivity contribution in [1.82, 2.24) is 5.10 Å². The largest absolute Gasteiger partial charge is 0.594 e. The van der Waals surface area contributed by atoms with Crippen molar-refractivity contribution in [3.8, 4) is 17.0 Å². The van der Waals surface area contributed by atoms with E-state index in [9.17, 15) is 5.21 Å². The summed E-state index contributed by atoms with van der Waals surface area (Å²) in [7, 11) is 0. The molecule has 0 aliphatic heterocycles. The van der Waals surface area contributed by atoms with E-state index >= 15 is 0 Å². The zero-order valence-electron chi connectivity index (χ0n) is 7.29. The molecule has 0 atom stereocenters. The van der Waals surface area contributed by atoms with Crippen LogP contribution in [-0.4, -0.2) is 10.2 Å². The molecule has 2 aromatic rings. The molecule has 4 nitrogen and oxygen atoms in total. The van der Waals surface area contributed by atoms with E-state index in [2.05, 4.69) is 5.10 Å².